The van der Waals surface area contributed by atoms with E-state index in [2.05, 4.69) is 27.3 Å². The number of carbonyl (C=O) groups excluding carboxylic acids is 1. The maximum absolute atomic E-state index is 11.9. The Morgan fingerprint density at radius 2 is 1.53 bits per heavy atom. The van der Waals surface area contributed by atoms with Crippen molar-refractivity contribution in [1.29, 1.82) is 0 Å². The van der Waals surface area contributed by atoms with E-state index >= 15 is 0 Å². The Labute approximate surface area is 201 Å². The van der Waals surface area contributed by atoms with Crippen LogP contribution in [-0.4, -0.2) is 27.3 Å². The third-order valence-corrected chi connectivity index (χ3v) is 5.94. The molecule has 34 heavy (non-hydrogen) atoms. The van der Waals surface area contributed by atoms with Crippen molar-refractivity contribution in [3.05, 3.63) is 121 Å². The van der Waals surface area contributed by atoms with Gasteiger partial charge in [-0.3, -0.25) is 9.80 Å². The molecule has 3 heterocycles. The van der Waals surface area contributed by atoms with Crippen LogP contribution in [0.3, 0.4) is 0 Å². The number of primary amides is 1. The van der Waals surface area contributed by atoms with Crippen LogP contribution in [-0.2, 0) is 4.79 Å². The van der Waals surface area contributed by atoms with Crippen LogP contribution in [0, 0.1) is 5.92 Å². The molecule has 176 valence electrons. The van der Waals surface area contributed by atoms with Crippen molar-refractivity contribution in [2.45, 2.75) is 31.8 Å². The van der Waals surface area contributed by atoms with Crippen molar-refractivity contribution in [3.63, 3.8) is 0 Å². The lowest BCUT2D eigenvalue weighted by molar-refractivity contribution is -0.135. The number of allylic oxidation sites excluding steroid dienone is 14. The van der Waals surface area contributed by atoms with Crippen LogP contribution in [0.2, 0.25) is 0 Å². The second kappa shape index (κ2) is 12.0. The molecule has 0 spiro atoms. The summed E-state index contributed by atoms with van der Waals surface area (Å²) in [4.78, 5) is 11.9. The number of hydrogen-bond acceptors (Lipinski definition) is 6. The van der Waals surface area contributed by atoms with Gasteiger partial charge in [-0.15, -0.1) is 0 Å². The third-order valence-electron chi connectivity index (χ3n) is 5.94. The van der Waals surface area contributed by atoms with E-state index in [0.717, 1.165) is 12.8 Å². The van der Waals surface area contributed by atoms with E-state index in [0.29, 0.717) is 11.5 Å². The Kier molecular flexibility index (Phi) is 8.29. The summed E-state index contributed by atoms with van der Waals surface area (Å²) in [6, 6.07) is 0. The number of fused-ring (bicyclic) bond motifs is 2. The minimum atomic E-state index is -0.471. The van der Waals surface area contributed by atoms with E-state index in [-0.39, 0.29) is 6.17 Å². The number of nitrogens with two attached hydrogens (primary N) is 1. The van der Waals surface area contributed by atoms with Crippen molar-refractivity contribution < 1.29 is 4.79 Å². The molecule has 1 aliphatic carbocycles. The summed E-state index contributed by atoms with van der Waals surface area (Å²) < 4.78 is 0. The molecule has 4 rings (SSSR count). The normalized spacial score (nSPS) is 25.5. The number of amides is 1. The summed E-state index contributed by atoms with van der Waals surface area (Å²) in [5.41, 5.74) is 14.2. The molecule has 1 amide bonds. The summed E-state index contributed by atoms with van der Waals surface area (Å²) in [7, 11) is 0. The van der Waals surface area contributed by atoms with Gasteiger partial charge in [-0.1, -0.05) is 78.4 Å². The highest BCUT2D eigenvalue weighted by Gasteiger charge is 2.43. The molecule has 0 radical (unpaired) electrons. The highest BCUT2D eigenvalue weighted by Crippen LogP contribution is 2.38. The van der Waals surface area contributed by atoms with E-state index < -0.39 is 5.91 Å². The third kappa shape index (κ3) is 6.02. The Morgan fingerprint density at radius 3 is 2.24 bits per heavy atom. The smallest absolute Gasteiger partial charge is 0.248 e. The molecule has 3 aliphatic heterocycles. The van der Waals surface area contributed by atoms with Crippen molar-refractivity contribution in [2.75, 3.05) is 0 Å². The lowest BCUT2D eigenvalue weighted by Gasteiger charge is -2.44. The number of rotatable bonds is 1. The van der Waals surface area contributed by atoms with E-state index in [4.69, 9.17) is 5.73 Å². The van der Waals surface area contributed by atoms with Gasteiger partial charge in [-0.25, -0.2) is 10.5 Å². The monoisotopic (exact) mass is 456 g/mol. The zero-order valence-corrected chi connectivity index (χ0v) is 19.2. The second-order valence-electron chi connectivity index (χ2n) is 8.26. The van der Waals surface area contributed by atoms with Gasteiger partial charge in [0.2, 0.25) is 5.91 Å². The fraction of sp³-hybridized carbons (Fsp3) is 0.222. The summed E-state index contributed by atoms with van der Waals surface area (Å²) in [6.45, 7) is 0. The van der Waals surface area contributed by atoms with Crippen molar-refractivity contribution in [2.24, 2.45) is 11.7 Å². The van der Waals surface area contributed by atoms with Gasteiger partial charge in [0.25, 0.3) is 0 Å². The number of nitrogens with zero attached hydrogens (tertiary/aromatic N) is 3. The van der Waals surface area contributed by atoms with Gasteiger partial charge >= 0.3 is 0 Å². The van der Waals surface area contributed by atoms with Crippen molar-refractivity contribution in [3.8, 4) is 0 Å². The standard InChI is InChI=1S/C27H32N6O/c28-26(34)23-16-11-9-7-5-3-1-2-4-6-8-10-14-21-32-30-29-27-25-19-13-12-17-24(25)22-31(33(27)32)20-15-18-23/h1-11,14-16,18,20-22,25,27,29-30H,12-13,17,19H2,(H2,28,34). The average molecular weight is 457 g/mol. The molecule has 2 fully saturated rings. The number of hydrazine groups is 4. The van der Waals surface area contributed by atoms with E-state index in [9.17, 15) is 4.79 Å². The molecule has 1 saturated carbocycles. The van der Waals surface area contributed by atoms with Gasteiger partial charge in [0.05, 0.1) is 0 Å². The summed E-state index contributed by atoms with van der Waals surface area (Å²) >= 11 is 0. The predicted octanol–water partition coefficient (Wildman–Crippen LogP) is 3.95. The van der Waals surface area contributed by atoms with Gasteiger partial charge in [0.15, 0.2) is 0 Å². The van der Waals surface area contributed by atoms with E-state index in [1.807, 2.05) is 90.4 Å². The van der Waals surface area contributed by atoms with E-state index in [1.165, 1.54) is 18.4 Å². The van der Waals surface area contributed by atoms with Crippen LogP contribution in [0.15, 0.2) is 121 Å². The van der Waals surface area contributed by atoms with Crippen molar-refractivity contribution >= 4 is 5.91 Å². The summed E-state index contributed by atoms with van der Waals surface area (Å²) in [5, 5.41) is 6.13. The number of hydrogen-bond donors (Lipinski definition) is 3. The van der Waals surface area contributed by atoms with Gasteiger partial charge in [-0.2, -0.15) is 5.53 Å². The fourth-order valence-corrected chi connectivity index (χ4v) is 4.31. The molecule has 0 aromatic carbocycles. The Morgan fingerprint density at radius 1 is 0.853 bits per heavy atom. The molecule has 7 heteroatoms. The molecular formula is C27H32N6O. The molecular weight excluding hydrogens is 424 g/mol. The topological polar surface area (TPSA) is 76.9 Å². The zero-order chi connectivity index (χ0) is 23.6. The zero-order valence-electron chi connectivity index (χ0n) is 19.2. The lowest BCUT2D eigenvalue weighted by Crippen LogP contribution is -2.54. The first-order chi connectivity index (χ1) is 16.7. The maximum atomic E-state index is 11.9. The average Bonchev–Trinajstić information content (AvgIpc) is 3.27. The number of nitrogens with one attached hydrogen (secondary N) is 2. The van der Waals surface area contributed by atoms with Crippen molar-refractivity contribution in [1.82, 2.24) is 26.2 Å². The number of carbonyl (C=O) groups is 1. The highest BCUT2D eigenvalue weighted by atomic mass is 16.1. The molecule has 0 aromatic heterocycles. The van der Waals surface area contributed by atoms with Crippen LogP contribution in [0.25, 0.3) is 0 Å². The Bertz CT molecular complexity index is 1040. The van der Waals surface area contributed by atoms with Gasteiger partial charge < -0.3 is 5.73 Å². The van der Waals surface area contributed by atoms with Crippen LogP contribution in [0.5, 0.6) is 0 Å². The van der Waals surface area contributed by atoms with Crippen LogP contribution in [0.4, 0.5) is 0 Å². The van der Waals surface area contributed by atoms with Crippen LogP contribution >= 0.6 is 0 Å². The van der Waals surface area contributed by atoms with Crippen LogP contribution < -0.4 is 16.7 Å². The largest absolute Gasteiger partial charge is 0.366 e. The minimum Gasteiger partial charge on any atom is -0.366 e. The first kappa shape index (κ1) is 23.5. The SMILES string of the molecule is NC(=O)C1=CC=CN2C=C3CCCCC3C3NNN(C=CC=CC=CC=CC=CC=CC=C1)N32. The quantitative estimate of drug-likeness (QED) is 0.555. The molecule has 4 N–H and O–H groups in total. The Balaban J connectivity index is 1.65. The lowest BCUT2D eigenvalue weighted by atomic mass is 9.82. The molecule has 1 saturated heterocycles. The second-order valence-corrected chi connectivity index (χ2v) is 8.26. The molecule has 2 atom stereocenters. The summed E-state index contributed by atoms with van der Waals surface area (Å²) in [6.07, 6.45) is 39.5. The molecule has 0 bridgehead atoms. The van der Waals surface area contributed by atoms with Gasteiger partial charge in [0, 0.05) is 30.1 Å². The molecule has 7 nitrogen and oxygen atoms in total. The maximum Gasteiger partial charge on any atom is 0.248 e. The molecule has 2 unspecified atom stereocenters. The fourth-order valence-electron chi connectivity index (χ4n) is 4.31. The predicted molar refractivity (Wildman–Crippen MR) is 136 cm³/mol. The first-order valence-electron chi connectivity index (χ1n) is 11.7. The molecule has 4 aliphatic rings. The first-order valence-corrected chi connectivity index (χ1v) is 11.7. The van der Waals surface area contributed by atoms with E-state index in [1.54, 1.807) is 18.2 Å². The van der Waals surface area contributed by atoms with Gasteiger partial charge in [0.1, 0.15) is 6.17 Å². The highest BCUT2D eigenvalue weighted by molar-refractivity contribution is 5.95. The van der Waals surface area contributed by atoms with Crippen LogP contribution in [0.1, 0.15) is 25.7 Å². The summed E-state index contributed by atoms with van der Waals surface area (Å²) in [5.74, 6) is -0.0230. The van der Waals surface area contributed by atoms with Gasteiger partial charge in [-0.05, 0) is 49.1 Å². The molecule has 0 aromatic rings. The Hall–Kier alpha value is -3.65. The minimum absolute atomic E-state index is 0.0994.